The van der Waals surface area contributed by atoms with Crippen LogP contribution in [0.1, 0.15) is 11.1 Å². The number of rotatable bonds is 5. The van der Waals surface area contributed by atoms with Crippen LogP contribution in [0, 0.1) is 6.92 Å². The number of nitrogens with zero attached hydrogens (tertiary/aromatic N) is 4. The third-order valence-electron chi connectivity index (χ3n) is 7.21. The van der Waals surface area contributed by atoms with Crippen molar-refractivity contribution in [2.75, 3.05) is 7.11 Å². The van der Waals surface area contributed by atoms with Crippen LogP contribution in [0.5, 0.6) is 5.75 Å². The van der Waals surface area contributed by atoms with Gasteiger partial charge in [0.1, 0.15) is 11.4 Å². The van der Waals surface area contributed by atoms with Gasteiger partial charge < -0.3 is 9.72 Å². The molecule has 0 bridgehead atoms. The van der Waals surface area contributed by atoms with Crippen molar-refractivity contribution >= 4 is 32.8 Å². The quantitative estimate of drug-likeness (QED) is 0.275. The smallest absolute Gasteiger partial charge is 0.159 e. The molecule has 7 rings (SSSR count). The molecule has 0 saturated heterocycles. The lowest BCUT2D eigenvalue weighted by Gasteiger charge is -2.10. The van der Waals surface area contributed by atoms with Gasteiger partial charge in [0, 0.05) is 22.5 Å². The molecule has 0 radical (unpaired) electrons. The second-order valence-corrected chi connectivity index (χ2v) is 9.50. The molecule has 184 valence electrons. The molecule has 0 spiro atoms. The van der Waals surface area contributed by atoms with E-state index in [0.29, 0.717) is 6.54 Å². The molecular weight excluding hydrogens is 470 g/mol. The molecule has 0 atom stereocenters. The van der Waals surface area contributed by atoms with Crippen LogP contribution < -0.4 is 4.74 Å². The number of aromatic nitrogens is 5. The van der Waals surface area contributed by atoms with Gasteiger partial charge >= 0.3 is 0 Å². The van der Waals surface area contributed by atoms with Gasteiger partial charge in [0.15, 0.2) is 5.82 Å². The summed E-state index contributed by atoms with van der Waals surface area (Å²) in [7, 11) is 1.68. The van der Waals surface area contributed by atoms with Crippen LogP contribution in [0.15, 0.2) is 97.2 Å². The van der Waals surface area contributed by atoms with Crippen molar-refractivity contribution in [2.45, 2.75) is 13.5 Å². The molecule has 6 heteroatoms. The van der Waals surface area contributed by atoms with E-state index in [0.717, 1.165) is 66.8 Å². The van der Waals surface area contributed by atoms with E-state index in [-0.39, 0.29) is 0 Å². The summed E-state index contributed by atoms with van der Waals surface area (Å²) in [5.74, 6) is 1.60. The number of aromatic amines is 1. The van der Waals surface area contributed by atoms with E-state index in [1.165, 1.54) is 5.56 Å². The number of pyridine rings is 1. The fraction of sp³-hybridized carbons (Fsp3) is 0.0938. The van der Waals surface area contributed by atoms with Gasteiger partial charge in [-0.2, -0.15) is 5.10 Å². The normalized spacial score (nSPS) is 11.5. The Labute approximate surface area is 219 Å². The van der Waals surface area contributed by atoms with E-state index >= 15 is 0 Å². The van der Waals surface area contributed by atoms with Crippen LogP contribution in [0.2, 0.25) is 0 Å². The lowest BCUT2D eigenvalue weighted by molar-refractivity contribution is 0.414. The Morgan fingerprint density at radius 2 is 1.63 bits per heavy atom. The highest BCUT2D eigenvalue weighted by atomic mass is 16.5. The first-order valence-electron chi connectivity index (χ1n) is 12.6. The average Bonchev–Trinajstić information content (AvgIpc) is 3.55. The maximum atomic E-state index is 5.33. The lowest BCUT2D eigenvalue weighted by atomic mass is 9.97. The van der Waals surface area contributed by atoms with Gasteiger partial charge in [0.2, 0.25) is 0 Å². The number of aryl methyl sites for hydroxylation is 1. The summed E-state index contributed by atoms with van der Waals surface area (Å²) < 4.78 is 7.38. The minimum absolute atomic E-state index is 0.636. The largest absolute Gasteiger partial charge is 0.497 e. The first-order valence-corrected chi connectivity index (χ1v) is 12.6. The number of H-pyrrole nitrogens is 1. The zero-order valence-corrected chi connectivity index (χ0v) is 21.1. The second-order valence-electron chi connectivity index (χ2n) is 9.50. The molecule has 1 N–H and O–H groups in total. The highest BCUT2D eigenvalue weighted by Crippen LogP contribution is 2.34. The number of benzene rings is 4. The van der Waals surface area contributed by atoms with Crippen LogP contribution in [0.4, 0.5) is 0 Å². The number of nitrogens with one attached hydrogen (secondary N) is 1. The van der Waals surface area contributed by atoms with Crippen molar-refractivity contribution in [2.24, 2.45) is 0 Å². The molecule has 38 heavy (non-hydrogen) atoms. The molecule has 6 nitrogen and oxygen atoms in total. The molecule has 3 aromatic heterocycles. The maximum Gasteiger partial charge on any atom is 0.159 e. The molecule has 0 aliphatic heterocycles. The van der Waals surface area contributed by atoms with Gasteiger partial charge in [-0.25, -0.2) is 4.98 Å². The number of hydrogen-bond donors (Lipinski definition) is 1. The molecule has 7 aromatic rings. The van der Waals surface area contributed by atoms with Crippen LogP contribution in [0.25, 0.3) is 55.5 Å². The average molecular weight is 496 g/mol. The third-order valence-corrected chi connectivity index (χ3v) is 7.21. The number of imidazole rings is 1. The molecule has 0 fully saturated rings. The number of methoxy groups -OCH3 is 1. The lowest BCUT2D eigenvalue weighted by Crippen LogP contribution is -2.02. The summed E-state index contributed by atoms with van der Waals surface area (Å²) in [6.07, 6.45) is 1.97. The highest BCUT2D eigenvalue weighted by molar-refractivity contribution is 5.97. The minimum atomic E-state index is 0.636. The summed E-state index contributed by atoms with van der Waals surface area (Å²) in [4.78, 5) is 13.1. The van der Waals surface area contributed by atoms with Crippen LogP contribution >= 0.6 is 0 Å². The van der Waals surface area contributed by atoms with Gasteiger partial charge in [-0.3, -0.25) is 9.67 Å². The van der Waals surface area contributed by atoms with Crippen molar-refractivity contribution < 1.29 is 4.74 Å². The number of ether oxygens (including phenoxy) is 1. The van der Waals surface area contributed by atoms with Crippen molar-refractivity contribution in [3.63, 3.8) is 0 Å². The Kier molecular flexibility index (Phi) is 5.18. The van der Waals surface area contributed by atoms with E-state index < -0.39 is 0 Å². The third kappa shape index (κ3) is 3.69. The van der Waals surface area contributed by atoms with Gasteiger partial charge in [-0.15, -0.1) is 0 Å². The van der Waals surface area contributed by atoms with Crippen molar-refractivity contribution in [1.29, 1.82) is 0 Å². The van der Waals surface area contributed by atoms with Crippen molar-refractivity contribution in [3.8, 4) is 28.4 Å². The Morgan fingerprint density at radius 1 is 0.842 bits per heavy atom. The Morgan fingerprint density at radius 3 is 2.45 bits per heavy atom. The molecule has 0 unspecified atom stereocenters. The first-order chi connectivity index (χ1) is 18.7. The van der Waals surface area contributed by atoms with Gasteiger partial charge in [-0.05, 0) is 66.1 Å². The SMILES string of the molecule is COc1ccc(Cn2nc(-c3nc4ccccc4[nH]3)c3cc(-c4cnc5ccccc5c4C)ccc32)cc1. The topological polar surface area (TPSA) is 68.6 Å². The zero-order valence-electron chi connectivity index (χ0n) is 21.1. The van der Waals surface area contributed by atoms with Crippen LogP contribution in [-0.2, 0) is 6.54 Å². The van der Waals surface area contributed by atoms with Crippen molar-refractivity contribution in [1.82, 2.24) is 24.7 Å². The van der Waals surface area contributed by atoms with E-state index in [2.05, 4.69) is 65.1 Å². The Balaban J connectivity index is 1.41. The molecular formula is C32H25N5O. The monoisotopic (exact) mass is 495 g/mol. The Bertz CT molecular complexity index is 1920. The van der Waals surface area contributed by atoms with E-state index in [1.807, 2.05) is 48.7 Å². The standard InChI is InChI=1S/C32H25N5O/c1-20-24-7-3-4-8-27(24)33-18-26(20)22-13-16-30-25(17-22)31(32-34-28-9-5-6-10-29(28)35-32)36-37(30)19-21-11-14-23(38-2)15-12-21/h3-18H,19H2,1-2H3,(H,34,35). The zero-order chi connectivity index (χ0) is 25.6. The van der Waals surface area contributed by atoms with Gasteiger partial charge in [0.25, 0.3) is 0 Å². The molecule has 4 aromatic carbocycles. The summed E-state index contributed by atoms with van der Waals surface area (Å²) >= 11 is 0. The van der Waals surface area contributed by atoms with Crippen LogP contribution in [-0.4, -0.2) is 31.8 Å². The van der Waals surface area contributed by atoms with Crippen LogP contribution in [0.3, 0.4) is 0 Å². The predicted molar refractivity (Wildman–Crippen MR) is 152 cm³/mol. The van der Waals surface area contributed by atoms with E-state index in [1.54, 1.807) is 7.11 Å². The fourth-order valence-electron chi connectivity index (χ4n) is 5.18. The summed E-state index contributed by atoms with van der Waals surface area (Å²) in [5, 5.41) is 7.28. The van der Waals surface area contributed by atoms with Crippen molar-refractivity contribution in [3.05, 3.63) is 108 Å². The Hall–Kier alpha value is -4.97. The number of fused-ring (bicyclic) bond motifs is 3. The molecule has 0 aliphatic carbocycles. The summed E-state index contributed by atoms with van der Waals surface area (Å²) in [5.41, 5.74) is 9.38. The maximum absolute atomic E-state index is 5.33. The molecule has 0 amide bonds. The minimum Gasteiger partial charge on any atom is -0.497 e. The second kappa shape index (κ2) is 8.85. The molecule has 3 heterocycles. The summed E-state index contributed by atoms with van der Waals surface area (Å²) in [6, 6.07) is 31.0. The highest BCUT2D eigenvalue weighted by Gasteiger charge is 2.18. The number of hydrogen-bond acceptors (Lipinski definition) is 4. The summed E-state index contributed by atoms with van der Waals surface area (Å²) in [6.45, 7) is 2.80. The fourth-order valence-corrected chi connectivity index (χ4v) is 5.18. The number of para-hydroxylation sites is 3. The predicted octanol–water partition coefficient (Wildman–Crippen LogP) is 7.16. The van der Waals surface area contributed by atoms with E-state index in [4.69, 9.17) is 19.8 Å². The first kappa shape index (κ1) is 22.2. The molecule has 0 aliphatic rings. The molecule has 0 saturated carbocycles. The van der Waals surface area contributed by atoms with Gasteiger partial charge in [0.05, 0.1) is 35.7 Å². The van der Waals surface area contributed by atoms with Gasteiger partial charge in [-0.1, -0.05) is 48.5 Å². The van der Waals surface area contributed by atoms with E-state index in [9.17, 15) is 0 Å².